The van der Waals surface area contributed by atoms with E-state index >= 15 is 0 Å². The molecule has 0 aliphatic carbocycles. The highest BCUT2D eigenvalue weighted by molar-refractivity contribution is 6.09. The quantitative estimate of drug-likeness (QED) is 0.264. The third kappa shape index (κ3) is 3.31. The van der Waals surface area contributed by atoms with Crippen molar-refractivity contribution in [3.8, 4) is 11.3 Å². The van der Waals surface area contributed by atoms with Crippen molar-refractivity contribution in [3.63, 3.8) is 0 Å². The van der Waals surface area contributed by atoms with Crippen molar-refractivity contribution >= 4 is 44.6 Å². The smallest absolute Gasteiger partial charge is 0.165 e. The number of anilines is 3. The molecule has 0 radical (unpaired) electrons. The summed E-state index contributed by atoms with van der Waals surface area (Å²) in [5, 5.41) is 2.21. The summed E-state index contributed by atoms with van der Waals surface area (Å²) in [6.07, 6.45) is 2.02. The van der Waals surface area contributed by atoms with E-state index in [0.29, 0.717) is 0 Å². The largest absolute Gasteiger partial charge is 0.311 e. The number of nitrogens with zero attached hydrogens (tertiary/aromatic N) is 4. The normalized spacial score (nSPS) is 11.3. The number of pyridine rings is 2. The average Bonchev–Trinajstić information content (AvgIpc) is 3.33. The zero-order chi connectivity index (χ0) is 23.9. The Bertz CT molecular complexity index is 1780. The first-order valence-electron chi connectivity index (χ1n) is 12.0. The first-order valence-corrected chi connectivity index (χ1v) is 12.0. The summed E-state index contributed by atoms with van der Waals surface area (Å²) < 4.78 is 2.06. The van der Waals surface area contributed by atoms with Gasteiger partial charge in [0.25, 0.3) is 0 Å². The van der Waals surface area contributed by atoms with Gasteiger partial charge in [0.1, 0.15) is 11.2 Å². The standard InChI is InChI=1S/C32H22N4/c1-3-11-24(12-4-1)36(25-13-5-2-6-14-25)26-20-18-23(19-21-26)30-27-15-7-8-16-28(27)31-32(34-30)35-22-10-9-17-29(35)33-31/h1-22H. The summed E-state index contributed by atoms with van der Waals surface area (Å²) in [7, 11) is 0. The molecule has 36 heavy (non-hydrogen) atoms. The highest BCUT2D eigenvalue weighted by Gasteiger charge is 2.16. The number of imidazole rings is 1. The molecule has 4 aromatic carbocycles. The van der Waals surface area contributed by atoms with Crippen LogP contribution in [0.15, 0.2) is 134 Å². The van der Waals surface area contributed by atoms with E-state index in [1.165, 1.54) is 0 Å². The van der Waals surface area contributed by atoms with Gasteiger partial charge in [0, 0.05) is 39.6 Å². The maximum Gasteiger partial charge on any atom is 0.165 e. The van der Waals surface area contributed by atoms with Crippen molar-refractivity contribution in [1.82, 2.24) is 14.4 Å². The van der Waals surface area contributed by atoms with E-state index in [-0.39, 0.29) is 0 Å². The van der Waals surface area contributed by atoms with Crippen LogP contribution >= 0.6 is 0 Å². The van der Waals surface area contributed by atoms with Crippen molar-refractivity contribution < 1.29 is 0 Å². The van der Waals surface area contributed by atoms with E-state index in [9.17, 15) is 0 Å². The second kappa shape index (κ2) is 8.36. The molecule has 170 valence electrons. The fourth-order valence-corrected chi connectivity index (χ4v) is 4.92. The molecule has 7 aromatic rings. The van der Waals surface area contributed by atoms with Crippen LogP contribution in [0.2, 0.25) is 0 Å². The molecule has 0 saturated carbocycles. The Balaban J connectivity index is 1.40. The minimum absolute atomic E-state index is 0.874. The Kier molecular flexibility index (Phi) is 4.74. The van der Waals surface area contributed by atoms with E-state index in [4.69, 9.17) is 9.97 Å². The third-order valence-corrected chi connectivity index (χ3v) is 6.59. The number of rotatable bonds is 4. The molecule has 0 aliphatic heterocycles. The molecular formula is C32H22N4. The minimum Gasteiger partial charge on any atom is -0.311 e. The third-order valence-electron chi connectivity index (χ3n) is 6.59. The van der Waals surface area contributed by atoms with Gasteiger partial charge in [-0.3, -0.25) is 4.40 Å². The summed E-state index contributed by atoms with van der Waals surface area (Å²) in [5.41, 5.74) is 8.06. The van der Waals surface area contributed by atoms with Gasteiger partial charge in [-0.1, -0.05) is 78.9 Å². The molecule has 4 nitrogen and oxygen atoms in total. The zero-order valence-electron chi connectivity index (χ0n) is 19.5. The van der Waals surface area contributed by atoms with Gasteiger partial charge >= 0.3 is 0 Å². The van der Waals surface area contributed by atoms with Crippen LogP contribution in [0.3, 0.4) is 0 Å². The van der Waals surface area contributed by atoms with Crippen LogP contribution in [0, 0.1) is 0 Å². The van der Waals surface area contributed by atoms with Crippen LogP contribution in [0.5, 0.6) is 0 Å². The Labute approximate surface area is 208 Å². The fraction of sp³-hybridized carbons (Fsp3) is 0. The van der Waals surface area contributed by atoms with Crippen LogP contribution in [0.4, 0.5) is 17.1 Å². The Hall–Kier alpha value is -4.96. The molecule has 4 heteroatoms. The van der Waals surface area contributed by atoms with Crippen molar-refractivity contribution in [2.24, 2.45) is 0 Å². The number of para-hydroxylation sites is 2. The first-order chi connectivity index (χ1) is 17.9. The number of aromatic nitrogens is 3. The molecule has 0 aliphatic rings. The molecule has 0 unspecified atom stereocenters. The van der Waals surface area contributed by atoms with Crippen LogP contribution in [-0.2, 0) is 0 Å². The Morgan fingerprint density at radius 3 is 1.78 bits per heavy atom. The van der Waals surface area contributed by atoms with Gasteiger partial charge in [0.2, 0.25) is 0 Å². The molecule has 3 aromatic heterocycles. The summed E-state index contributed by atoms with van der Waals surface area (Å²) in [6, 6.07) is 44.0. The molecule has 0 bridgehead atoms. The van der Waals surface area contributed by atoms with Crippen LogP contribution < -0.4 is 4.90 Å². The predicted octanol–water partition coefficient (Wildman–Crippen LogP) is 8.17. The van der Waals surface area contributed by atoms with Crippen molar-refractivity contribution in [1.29, 1.82) is 0 Å². The van der Waals surface area contributed by atoms with Gasteiger partial charge in [-0.2, -0.15) is 0 Å². The monoisotopic (exact) mass is 462 g/mol. The summed E-state index contributed by atoms with van der Waals surface area (Å²) in [6.45, 7) is 0. The van der Waals surface area contributed by atoms with Crippen LogP contribution in [0.1, 0.15) is 0 Å². The van der Waals surface area contributed by atoms with Crippen LogP contribution in [0.25, 0.3) is 38.8 Å². The van der Waals surface area contributed by atoms with E-state index in [2.05, 4.69) is 106 Å². The second-order valence-electron chi connectivity index (χ2n) is 8.77. The van der Waals surface area contributed by atoms with Gasteiger partial charge in [-0.05, 0) is 48.5 Å². The van der Waals surface area contributed by atoms with E-state index in [0.717, 1.165) is 55.9 Å². The highest BCUT2D eigenvalue weighted by Crippen LogP contribution is 2.37. The van der Waals surface area contributed by atoms with Crippen molar-refractivity contribution in [3.05, 3.63) is 134 Å². The maximum absolute atomic E-state index is 5.14. The van der Waals surface area contributed by atoms with Crippen molar-refractivity contribution in [2.45, 2.75) is 0 Å². The average molecular weight is 463 g/mol. The second-order valence-corrected chi connectivity index (χ2v) is 8.77. The molecule has 3 heterocycles. The SMILES string of the molecule is c1ccc(N(c2ccccc2)c2ccc(-c3nc4c(nc5ccccn54)c4ccccc34)cc2)cc1. The minimum atomic E-state index is 0.874. The van der Waals surface area contributed by atoms with Gasteiger partial charge in [-0.15, -0.1) is 0 Å². The van der Waals surface area contributed by atoms with E-state index in [1.54, 1.807) is 0 Å². The lowest BCUT2D eigenvalue weighted by molar-refractivity contribution is 1.19. The number of fused-ring (bicyclic) bond motifs is 5. The molecular weight excluding hydrogens is 440 g/mol. The number of benzene rings is 4. The Morgan fingerprint density at radius 2 is 1.08 bits per heavy atom. The fourth-order valence-electron chi connectivity index (χ4n) is 4.92. The maximum atomic E-state index is 5.14. The van der Waals surface area contributed by atoms with Crippen LogP contribution in [-0.4, -0.2) is 14.4 Å². The summed E-state index contributed by atoms with van der Waals surface area (Å²) >= 11 is 0. The van der Waals surface area contributed by atoms with Gasteiger partial charge in [0.05, 0.1) is 5.69 Å². The van der Waals surface area contributed by atoms with Gasteiger partial charge in [-0.25, -0.2) is 9.97 Å². The molecule has 0 spiro atoms. The van der Waals surface area contributed by atoms with E-state index < -0.39 is 0 Å². The van der Waals surface area contributed by atoms with E-state index in [1.807, 2.05) is 36.5 Å². The lowest BCUT2D eigenvalue weighted by atomic mass is 10.0. The Morgan fingerprint density at radius 1 is 0.500 bits per heavy atom. The van der Waals surface area contributed by atoms with Gasteiger partial charge < -0.3 is 4.90 Å². The summed E-state index contributed by atoms with van der Waals surface area (Å²) in [5.74, 6) is 0. The lowest BCUT2D eigenvalue weighted by Crippen LogP contribution is -2.09. The molecule has 7 rings (SSSR count). The first kappa shape index (κ1) is 20.4. The number of hydrogen-bond acceptors (Lipinski definition) is 3. The molecule has 0 N–H and O–H groups in total. The molecule has 0 atom stereocenters. The van der Waals surface area contributed by atoms with Crippen molar-refractivity contribution in [2.75, 3.05) is 4.90 Å². The number of hydrogen-bond donors (Lipinski definition) is 0. The van der Waals surface area contributed by atoms with Gasteiger partial charge in [0.15, 0.2) is 5.65 Å². The molecule has 0 saturated heterocycles. The molecule has 0 amide bonds. The zero-order valence-corrected chi connectivity index (χ0v) is 19.5. The highest BCUT2D eigenvalue weighted by atomic mass is 15.1. The topological polar surface area (TPSA) is 33.4 Å². The lowest BCUT2D eigenvalue weighted by Gasteiger charge is -2.25. The predicted molar refractivity (Wildman–Crippen MR) is 148 cm³/mol. The molecule has 0 fully saturated rings. The summed E-state index contributed by atoms with van der Waals surface area (Å²) in [4.78, 5) is 12.3.